The van der Waals surface area contributed by atoms with Crippen molar-refractivity contribution in [2.75, 3.05) is 37.4 Å². The molecule has 3 amide bonds. The fourth-order valence-corrected chi connectivity index (χ4v) is 4.42. The fourth-order valence-electron chi connectivity index (χ4n) is 4.42. The van der Waals surface area contributed by atoms with Gasteiger partial charge in [0, 0.05) is 20.6 Å². The Balaban J connectivity index is 1.73. The van der Waals surface area contributed by atoms with Crippen molar-refractivity contribution >= 4 is 29.9 Å². The molecule has 2 atom stereocenters. The molecule has 32 heavy (non-hydrogen) atoms. The van der Waals surface area contributed by atoms with Crippen LogP contribution in [0.3, 0.4) is 0 Å². The summed E-state index contributed by atoms with van der Waals surface area (Å²) in [6.45, 7) is 0.472. The van der Waals surface area contributed by atoms with Crippen LogP contribution in [0.25, 0.3) is 0 Å². The number of anilines is 2. The summed E-state index contributed by atoms with van der Waals surface area (Å²) in [6.07, 6.45) is 9.50. The monoisotopic (exact) mass is 447 g/mol. The number of hydrazine groups is 1. The number of rotatable bonds is 9. The van der Waals surface area contributed by atoms with Crippen LogP contribution >= 0.6 is 0 Å². The molecule has 1 saturated heterocycles. The number of carbonyl (C=O) groups is 3. The van der Waals surface area contributed by atoms with E-state index in [-0.39, 0.29) is 18.4 Å². The Kier molecular flexibility index (Phi) is 8.34. The lowest BCUT2D eigenvalue weighted by molar-refractivity contribution is -0.161. The minimum atomic E-state index is -0.726. The van der Waals surface area contributed by atoms with Gasteiger partial charge in [0.15, 0.2) is 5.82 Å². The highest BCUT2D eigenvalue weighted by atomic mass is 16.5. The number of nitrogens with zero attached hydrogens (tertiary/aromatic N) is 5. The zero-order chi connectivity index (χ0) is 23.1. The van der Waals surface area contributed by atoms with E-state index < -0.39 is 12.0 Å². The van der Waals surface area contributed by atoms with Gasteiger partial charge in [0.25, 0.3) is 0 Å². The number of hydrogen-bond donors (Lipinski definition) is 3. The Morgan fingerprint density at radius 2 is 2.03 bits per heavy atom. The maximum Gasteiger partial charge on any atom is 0.249 e. The highest BCUT2D eigenvalue weighted by Gasteiger charge is 2.37. The minimum absolute atomic E-state index is 0.0955. The lowest BCUT2D eigenvalue weighted by Gasteiger charge is -2.37. The van der Waals surface area contributed by atoms with Gasteiger partial charge in [0.1, 0.15) is 11.9 Å². The first kappa shape index (κ1) is 23.9. The molecule has 0 aromatic carbocycles. The Hall–Kier alpha value is -2.79. The smallest absolute Gasteiger partial charge is 0.249 e. The van der Waals surface area contributed by atoms with Crippen LogP contribution in [0.2, 0.25) is 0 Å². The number of hydroxylamine groups is 2. The Morgan fingerprint density at radius 1 is 1.28 bits per heavy atom. The van der Waals surface area contributed by atoms with E-state index in [2.05, 4.69) is 20.7 Å². The summed E-state index contributed by atoms with van der Waals surface area (Å²) >= 11 is 0. The van der Waals surface area contributed by atoms with Crippen LogP contribution in [0, 0.1) is 11.8 Å². The molecule has 3 N–H and O–H groups in total. The molecule has 1 saturated carbocycles. The fraction of sp³-hybridized carbons (Fsp3) is 0.667. The third-order valence-corrected chi connectivity index (χ3v) is 6.09. The SMILES string of the molecule is CN(C)c1cncc(NC(=O)[C@@H]2CCCNN2C(=O)[C@H](CC2CCCC2)CN(O)C=O)n1. The van der Waals surface area contributed by atoms with E-state index in [1.807, 2.05) is 14.1 Å². The van der Waals surface area contributed by atoms with Gasteiger partial charge in [0.2, 0.25) is 18.2 Å². The summed E-state index contributed by atoms with van der Waals surface area (Å²) in [6, 6.07) is -0.726. The molecule has 0 bridgehead atoms. The number of aromatic nitrogens is 2. The molecule has 176 valence electrons. The molecule has 0 spiro atoms. The van der Waals surface area contributed by atoms with Crippen LogP contribution in [-0.4, -0.2) is 76.7 Å². The molecule has 1 aliphatic carbocycles. The second kappa shape index (κ2) is 11.2. The maximum absolute atomic E-state index is 13.4. The maximum atomic E-state index is 13.4. The van der Waals surface area contributed by atoms with Crippen molar-refractivity contribution in [1.29, 1.82) is 0 Å². The summed E-state index contributed by atoms with van der Waals surface area (Å²) < 4.78 is 0. The van der Waals surface area contributed by atoms with Gasteiger partial charge in [-0.15, -0.1) is 0 Å². The summed E-state index contributed by atoms with van der Waals surface area (Å²) in [7, 11) is 3.66. The third-order valence-electron chi connectivity index (χ3n) is 6.09. The van der Waals surface area contributed by atoms with Gasteiger partial charge >= 0.3 is 0 Å². The van der Waals surface area contributed by atoms with Crippen molar-refractivity contribution in [3.63, 3.8) is 0 Å². The molecule has 11 nitrogen and oxygen atoms in total. The van der Waals surface area contributed by atoms with Crippen LogP contribution < -0.4 is 15.6 Å². The summed E-state index contributed by atoms with van der Waals surface area (Å²) in [5.41, 5.74) is 3.05. The average Bonchev–Trinajstić information content (AvgIpc) is 3.31. The lowest BCUT2D eigenvalue weighted by atomic mass is 9.91. The molecule has 2 fully saturated rings. The van der Waals surface area contributed by atoms with E-state index in [0.29, 0.717) is 48.4 Å². The summed E-state index contributed by atoms with van der Waals surface area (Å²) in [4.78, 5) is 47.7. The van der Waals surface area contributed by atoms with Gasteiger partial charge in [-0.3, -0.25) is 29.6 Å². The van der Waals surface area contributed by atoms with Gasteiger partial charge in [-0.2, -0.15) is 0 Å². The van der Waals surface area contributed by atoms with Crippen molar-refractivity contribution in [1.82, 2.24) is 25.5 Å². The molecule has 2 heterocycles. The molecule has 0 radical (unpaired) electrons. The number of carbonyl (C=O) groups excluding carboxylic acids is 3. The zero-order valence-corrected chi connectivity index (χ0v) is 18.7. The largest absolute Gasteiger partial charge is 0.361 e. The van der Waals surface area contributed by atoms with Crippen molar-refractivity contribution in [2.24, 2.45) is 11.8 Å². The molecular formula is C21H33N7O4. The first-order valence-corrected chi connectivity index (χ1v) is 11.2. The van der Waals surface area contributed by atoms with Crippen molar-refractivity contribution in [3.05, 3.63) is 12.4 Å². The quantitative estimate of drug-likeness (QED) is 0.291. The molecule has 1 aliphatic heterocycles. The van der Waals surface area contributed by atoms with Crippen LogP contribution in [0.5, 0.6) is 0 Å². The second-order valence-electron chi connectivity index (χ2n) is 8.73. The predicted molar refractivity (Wildman–Crippen MR) is 117 cm³/mol. The molecule has 0 unspecified atom stereocenters. The van der Waals surface area contributed by atoms with Gasteiger partial charge in [-0.05, 0) is 25.2 Å². The van der Waals surface area contributed by atoms with E-state index >= 15 is 0 Å². The minimum Gasteiger partial charge on any atom is -0.361 e. The number of nitrogens with one attached hydrogen (secondary N) is 2. The van der Waals surface area contributed by atoms with Gasteiger partial charge in [-0.1, -0.05) is 25.7 Å². The van der Waals surface area contributed by atoms with Crippen LogP contribution in [0.15, 0.2) is 12.4 Å². The van der Waals surface area contributed by atoms with Gasteiger partial charge in [0.05, 0.1) is 24.9 Å². The van der Waals surface area contributed by atoms with E-state index in [4.69, 9.17) is 0 Å². The van der Waals surface area contributed by atoms with Gasteiger partial charge < -0.3 is 10.2 Å². The Labute approximate surface area is 188 Å². The average molecular weight is 448 g/mol. The van der Waals surface area contributed by atoms with E-state index in [9.17, 15) is 19.6 Å². The zero-order valence-electron chi connectivity index (χ0n) is 18.7. The van der Waals surface area contributed by atoms with Crippen LogP contribution in [-0.2, 0) is 14.4 Å². The normalized spacial score (nSPS) is 20.0. The highest BCUT2D eigenvalue weighted by Crippen LogP contribution is 2.31. The topological polar surface area (TPSA) is 131 Å². The molecule has 3 rings (SSSR count). The van der Waals surface area contributed by atoms with E-state index in [0.717, 1.165) is 32.1 Å². The van der Waals surface area contributed by atoms with Gasteiger partial charge in [-0.25, -0.2) is 15.5 Å². The molecule has 1 aromatic rings. The van der Waals surface area contributed by atoms with E-state index in [1.165, 1.54) is 11.2 Å². The molecule has 1 aromatic heterocycles. The first-order chi connectivity index (χ1) is 15.4. The predicted octanol–water partition coefficient (Wildman–Crippen LogP) is 1.02. The standard InChI is InChI=1S/C21H33N7O4/c1-26(2)19-12-22-11-18(24-19)25-20(30)17-8-5-9-23-28(17)21(31)16(13-27(32)14-29)10-15-6-3-4-7-15/h11-12,14-17,23,32H,3-10,13H2,1-2H3,(H,24,25,30)/t16-,17+/m1/s1. The van der Waals surface area contributed by atoms with Crippen molar-refractivity contribution in [3.8, 4) is 0 Å². The summed E-state index contributed by atoms with van der Waals surface area (Å²) in [5.74, 6) is 0.0590. The number of amides is 3. The number of hydrogen-bond acceptors (Lipinski definition) is 8. The van der Waals surface area contributed by atoms with Crippen LogP contribution in [0.1, 0.15) is 44.9 Å². The van der Waals surface area contributed by atoms with E-state index in [1.54, 1.807) is 11.1 Å². The first-order valence-electron chi connectivity index (χ1n) is 11.2. The Bertz CT molecular complexity index is 800. The van der Waals surface area contributed by atoms with Crippen molar-refractivity contribution in [2.45, 2.75) is 51.0 Å². The van der Waals surface area contributed by atoms with Crippen LogP contribution in [0.4, 0.5) is 11.6 Å². The Morgan fingerprint density at radius 3 is 2.72 bits per heavy atom. The molecule has 11 heteroatoms. The summed E-state index contributed by atoms with van der Waals surface area (Å²) in [5, 5.41) is 14.4. The molecule has 2 aliphatic rings. The lowest BCUT2D eigenvalue weighted by Crippen LogP contribution is -2.59. The van der Waals surface area contributed by atoms with Crippen molar-refractivity contribution < 1.29 is 19.6 Å². The third kappa shape index (κ3) is 6.13. The molecular weight excluding hydrogens is 414 g/mol. The second-order valence-corrected chi connectivity index (χ2v) is 8.73. The highest BCUT2D eigenvalue weighted by molar-refractivity contribution is 5.96.